The molecule has 5 heteroatoms. The first-order chi connectivity index (χ1) is 5.72. The second-order valence-corrected chi connectivity index (χ2v) is 3.71. The van der Waals surface area contributed by atoms with Crippen LogP contribution in [0.3, 0.4) is 0 Å². The van der Waals surface area contributed by atoms with Crippen LogP contribution < -0.4 is 0 Å². The highest BCUT2D eigenvalue weighted by molar-refractivity contribution is 5.76. The lowest BCUT2D eigenvalue weighted by atomic mass is 10.2. The Morgan fingerprint density at radius 3 is 2.08 bits per heavy atom. The Labute approximate surface area is 77.3 Å². The normalized spacial score (nSPS) is 10.8. The molecule has 75 valence electrons. The summed E-state index contributed by atoms with van der Waals surface area (Å²) in [4.78, 5) is 22.2. The van der Waals surface area contributed by atoms with Crippen molar-refractivity contribution < 1.29 is 19.4 Å². The molecule has 0 aliphatic rings. The van der Waals surface area contributed by atoms with E-state index in [4.69, 9.17) is 4.74 Å². The molecule has 0 aromatic heterocycles. The van der Waals surface area contributed by atoms with E-state index < -0.39 is 24.2 Å². The largest absolute Gasteiger partial charge is 0.444 e. The molecule has 13 heavy (non-hydrogen) atoms. The van der Waals surface area contributed by atoms with E-state index in [0.717, 1.165) is 4.90 Å². The minimum atomic E-state index is -1.31. The minimum Gasteiger partial charge on any atom is -0.444 e. The molecule has 0 unspecified atom stereocenters. The molecule has 0 fully saturated rings. The third-order valence-corrected chi connectivity index (χ3v) is 1.07. The summed E-state index contributed by atoms with van der Waals surface area (Å²) < 4.78 is 4.90. The van der Waals surface area contributed by atoms with Crippen LogP contribution in [0.4, 0.5) is 4.79 Å². The highest BCUT2D eigenvalue weighted by atomic mass is 16.6. The highest BCUT2D eigenvalue weighted by Crippen LogP contribution is 2.08. The van der Waals surface area contributed by atoms with Gasteiger partial charge in [-0.2, -0.15) is 0 Å². The predicted molar refractivity (Wildman–Crippen MR) is 44.6 cm³/mol. The number of carbonyl (C=O) groups excluding carboxylic acids is 2. The zero-order valence-corrected chi connectivity index (χ0v) is 8.29. The number of likely N-dealkylation sites (N-methyl/N-ethyl adjacent to an activating group) is 1. The molecule has 1 amide bonds. The summed E-state index contributed by atoms with van der Waals surface area (Å²) in [5, 5.41) is 10.1. The van der Waals surface area contributed by atoms with E-state index in [-0.39, 0.29) is 0 Å². The highest BCUT2D eigenvalue weighted by Gasteiger charge is 2.21. The Morgan fingerprint density at radius 1 is 1.31 bits per heavy atom. The van der Waals surface area contributed by atoms with Gasteiger partial charge in [0.25, 0.3) is 0 Å². The van der Waals surface area contributed by atoms with Gasteiger partial charge in [-0.15, -0.1) is 0 Å². The molecular formula is C8H14NO4. The monoisotopic (exact) mass is 188 g/mol. The van der Waals surface area contributed by atoms with Gasteiger partial charge in [0, 0.05) is 7.05 Å². The van der Waals surface area contributed by atoms with E-state index >= 15 is 0 Å². The Kier molecular flexibility index (Phi) is 3.71. The van der Waals surface area contributed by atoms with Gasteiger partial charge in [0.2, 0.25) is 0 Å². The third kappa shape index (κ3) is 5.95. The molecule has 0 saturated carbocycles. The molecule has 5 nitrogen and oxygen atoms in total. The molecule has 0 N–H and O–H groups in total. The summed E-state index contributed by atoms with van der Waals surface area (Å²) in [5.74, 6) is -1.31. The lowest BCUT2D eigenvalue weighted by Gasteiger charge is -2.23. The maximum Gasteiger partial charge on any atom is 0.410 e. The van der Waals surface area contributed by atoms with E-state index in [1.807, 2.05) is 0 Å². The summed E-state index contributed by atoms with van der Waals surface area (Å²) >= 11 is 0. The Morgan fingerprint density at radius 2 is 1.77 bits per heavy atom. The van der Waals surface area contributed by atoms with E-state index in [1.165, 1.54) is 7.05 Å². The van der Waals surface area contributed by atoms with Crippen molar-refractivity contribution in [3.05, 3.63) is 0 Å². The predicted octanol–water partition coefficient (Wildman–Crippen LogP) is 0.810. The number of ether oxygens (including phenoxy) is 1. The Bertz CT molecular complexity index is 207. The number of amides is 1. The number of carbonyl (C=O) groups is 2. The van der Waals surface area contributed by atoms with Gasteiger partial charge in [-0.05, 0) is 20.8 Å². The van der Waals surface area contributed by atoms with Gasteiger partial charge < -0.3 is 4.74 Å². The average molecular weight is 188 g/mol. The smallest absolute Gasteiger partial charge is 0.410 e. The second kappa shape index (κ2) is 4.11. The standard InChI is InChI=1S/C8H14NO4/c1-8(2,3)13-7(12)9(4)5-6(10)11/h5H2,1-4H3. The van der Waals surface area contributed by atoms with E-state index in [1.54, 1.807) is 20.8 Å². The zero-order chi connectivity index (χ0) is 10.6. The van der Waals surface area contributed by atoms with Crippen LogP contribution in [-0.4, -0.2) is 36.2 Å². The average Bonchev–Trinajstić information content (AvgIpc) is 1.81. The summed E-state index contributed by atoms with van der Waals surface area (Å²) in [5.41, 5.74) is -0.614. The van der Waals surface area contributed by atoms with Crippen LogP contribution in [-0.2, 0) is 14.6 Å². The van der Waals surface area contributed by atoms with Crippen LogP contribution in [0.2, 0.25) is 0 Å². The quantitative estimate of drug-likeness (QED) is 0.644. The topological polar surface area (TPSA) is 66.5 Å². The first-order valence-electron chi connectivity index (χ1n) is 3.86. The van der Waals surface area contributed by atoms with E-state index in [2.05, 4.69) is 0 Å². The summed E-state index contributed by atoms with van der Waals surface area (Å²) in [7, 11) is 1.34. The molecule has 0 bridgehead atoms. The van der Waals surface area contributed by atoms with Gasteiger partial charge in [0.05, 0.1) is 0 Å². The fraction of sp³-hybridized carbons (Fsp3) is 0.750. The van der Waals surface area contributed by atoms with Crippen LogP contribution in [0.25, 0.3) is 0 Å². The molecule has 0 aromatic rings. The number of rotatable bonds is 2. The summed E-state index contributed by atoms with van der Waals surface area (Å²) in [6, 6.07) is 0. The lowest BCUT2D eigenvalue weighted by Crippen LogP contribution is -2.36. The molecule has 0 heterocycles. The van der Waals surface area contributed by atoms with E-state index in [0.29, 0.717) is 0 Å². The number of hydrogen-bond donors (Lipinski definition) is 0. The molecular weight excluding hydrogens is 174 g/mol. The first kappa shape index (κ1) is 11.7. The Balaban J connectivity index is 4.05. The Hall–Kier alpha value is -1.26. The molecule has 0 saturated heterocycles. The van der Waals surface area contributed by atoms with Crippen LogP contribution in [0.1, 0.15) is 20.8 Å². The molecule has 1 radical (unpaired) electrons. The fourth-order valence-electron chi connectivity index (χ4n) is 0.598. The number of nitrogens with zero attached hydrogens (tertiary/aromatic N) is 1. The van der Waals surface area contributed by atoms with Gasteiger partial charge in [0.15, 0.2) is 0 Å². The van der Waals surface area contributed by atoms with Crippen molar-refractivity contribution in [1.82, 2.24) is 4.90 Å². The van der Waals surface area contributed by atoms with Crippen LogP contribution in [0, 0.1) is 0 Å². The van der Waals surface area contributed by atoms with Gasteiger partial charge in [0.1, 0.15) is 12.1 Å². The van der Waals surface area contributed by atoms with Crippen LogP contribution >= 0.6 is 0 Å². The second-order valence-electron chi connectivity index (χ2n) is 3.71. The van der Waals surface area contributed by atoms with Crippen LogP contribution in [0.5, 0.6) is 0 Å². The summed E-state index contributed by atoms with van der Waals surface area (Å²) in [6.45, 7) is 4.65. The van der Waals surface area contributed by atoms with Gasteiger partial charge in [-0.25, -0.2) is 14.7 Å². The van der Waals surface area contributed by atoms with Crippen molar-refractivity contribution in [1.29, 1.82) is 0 Å². The van der Waals surface area contributed by atoms with E-state index in [9.17, 15) is 14.7 Å². The van der Waals surface area contributed by atoms with Gasteiger partial charge in [-0.1, -0.05) is 0 Å². The SMILES string of the molecule is CN(CC([O])=O)C(=O)OC(C)(C)C. The van der Waals surface area contributed by atoms with Gasteiger partial charge >= 0.3 is 12.1 Å². The first-order valence-corrected chi connectivity index (χ1v) is 3.86. The minimum absolute atomic E-state index is 0.463. The van der Waals surface area contributed by atoms with Gasteiger partial charge in [-0.3, -0.25) is 4.90 Å². The summed E-state index contributed by atoms with van der Waals surface area (Å²) in [6.07, 6.45) is -0.670. The number of hydrogen-bond acceptors (Lipinski definition) is 3. The zero-order valence-electron chi connectivity index (χ0n) is 8.29. The van der Waals surface area contributed by atoms with Crippen molar-refractivity contribution in [2.24, 2.45) is 0 Å². The maximum absolute atomic E-state index is 11.1. The lowest BCUT2D eigenvalue weighted by molar-refractivity contribution is -0.144. The molecule has 0 aromatic carbocycles. The van der Waals surface area contributed by atoms with Crippen molar-refractivity contribution in [3.8, 4) is 0 Å². The van der Waals surface area contributed by atoms with Crippen molar-refractivity contribution in [2.75, 3.05) is 13.6 Å². The molecule has 0 aliphatic heterocycles. The van der Waals surface area contributed by atoms with Crippen molar-refractivity contribution in [2.45, 2.75) is 26.4 Å². The molecule has 0 aliphatic carbocycles. The van der Waals surface area contributed by atoms with Crippen LogP contribution in [0.15, 0.2) is 0 Å². The fourth-order valence-corrected chi connectivity index (χ4v) is 0.598. The molecule has 0 atom stereocenters. The van der Waals surface area contributed by atoms with Crippen molar-refractivity contribution >= 4 is 12.1 Å². The maximum atomic E-state index is 11.1. The third-order valence-electron chi connectivity index (χ3n) is 1.07. The molecule has 0 rings (SSSR count). The molecule has 0 spiro atoms. The van der Waals surface area contributed by atoms with Crippen molar-refractivity contribution in [3.63, 3.8) is 0 Å².